The molecule has 0 aliphatic carbocycles. The molecule has 0 aromatic heterocycles. The Balaban J connectivity index is 1.78. The van der Waals surface area contributed by atoms with Crippen molar-refractivity contribution in [1.82, 2.24) is 16.2 Å². The third kappa shape index (κ3) is 3.17. The summed E-state index contributed by atoms with van der Waals surface area (Å²) in [5.74, 6) is 0.180. The van der Waals surface area contributed by atoms with Gasteiger partial charge in [0.05, 0.1) is 13.2 Å². The molecule has 2 aromatic rings. The average Bonchev–Trinajstić information content (AvgIpc) is 2.96. The van der Waals surface area contributed by atoms with Gasteiger partial charge in [-0.1, -0.05) is 30.3 Å². The molecule has 118 valence electrons. The molecule has 0 unspecified atom stereocenters. The number of hydrogen-bond acceptors (Lipinski definition) is 4. The number of ether oxygens (including phenoxy) is 1. The van der Waals surface area contributed by atoms with Gasteiger partial charge >= 0.3 is 0 Å². The molecule has 1 aliphatic heterocycles. The Hall–Kier alpha value is -2.86. The Morgan fingerprint density at radius 2 is 1.78 bits per heavy atom. The molecule has 0 spiro atoms. The van der Waals surface area contributed by atoms with Crippen LogP contribution in [0.2, 0.25) is 0 Å². The number of carbonyl (C=O) groups excluding carboxylic acids is 2. The predicted octanol–water partition coefficient (Wildman–Crippen LogP) is 1.17. The summed E-state index contributed by atoms with van der Waals surface area (Å²) in [6.45, 7) is 0. The number of rotatable bonds is 4. The van der Waals surface area contributed by atoms with E-state index in [0.29, 0.717) is 5.56 Å². The van der Waals surface area contributed by atoms with Crippen molar-refractivity contribution in [1.29, 1.82) is 0 Å². The van der Waals surface area contributed by atoms with Gasteiger partial charge in [0.2, 0.25) is 0 Å². The van der Waals surface area contributed by atoms with E-state index in [4.69, 9.17) is 4.74 Å². The molecule has 6 heteroatoms. The van der Waals surface area contributed by atoms with Gasteiger partial charge < -0.3 is 10.1 Å². The first kappa shape index (κ1) is 15.1. The van der Waals surface area contributed by atoms with Crippen molar-refractivity contribution in [2.45, 2.75) is 12.1 Å². The minimum absolute atomic E-state index is 0.268. The standard InChI is InChI=1S/C17H17N3O3/c1-23-13-9-7-11(8-10-13)14-15(17(22)20-19-14)18-16(21)12-5-3-2-4-6-12/h2-10,14-15,19H,1H3,(H,18,21)(H,20,22)/t14-,15+/m1/s1. The van der Waals surface area contributed by atoms with Crippen LogP contribution in [0.25, 0.3) is 0 Å². The van der Waals surface area contributed by atoms with Crippen LogP contribution in [0.4, 0.5) is 0 Å². The van der Waals surface area contributed by atoms with Gasteiger partial charge in [-0.05, 0) is 29.8 Å². The van der Waals surface area contributed by atoms with Crippen LogP contribution < -0.4 is 20.9 Å². The lowest BCUT2D eigenvalue weighted by Gasteiger charge is -2.18. The van der Waals surface area contributed by atoms with Crippen LogP contribution in [-0.4, -0.2) is 25.0 Å². The zero-order valence-electron chi connectivity index (χ0n) is 12.6. The SMILES string of the molecule is COc1ccc([C@H]2NNC(=O)[C@H]2NC(=O)c2ccccc2)cc1. The molecular formula is C17H17N3O3. The van der Waals surface area contributed by atoms with Gasteiger partial charge in [-0.2, -0.15) is 0 Å². The Bertz CT molecular complexity index is 701. The van der Waals surface area contributed by atoms with Gasteiger partial charge in [0.1, 0.15) is 11.8 Å². The Morgan fingerprint density at radius 1 is 1.09 bits per heavy atom. The lowest BCUT2D eigenvalue weighted by atomic mass is 10.00. The molecular weight excluding hydrogens is 294 g/mol. The molecule has 23 heavy (non-hydrogen) atoms. The third-order valence-corrected chi connectivity index (χ3v) is 3.76. The Morgan fingerprint density at radius 3 is 2.43 bits per heavy atom. The van der Waals surface area contributed by atoms with E-state index < -0.39 is 6.04 Å². The van der Waals surface area contributed by atoms with Crippen molar-refractivity contribution in [3.8, 4) is 5.75 Å². The topological polar surface area (TPSA) is 79.5 Å². The second-order valence-corrected chi connectivity index (χ2v) is 5.20. The molecule has 6 nitrogen and oxygen atoms in total. The first-order valence-corrected chi connectivity index (χ1v) is 7.24. The van der Waals surface area contributed by atoms with Crippen molar-refractivity contribution in [3.05, 3.63) is 65.7 Å². The van der Waals surface area contributed by atoms with Crippen LogP contribution in [0.5, 0.6) is 5.75 Å². The number of carbonyl (C=O) groups is 2. The number of hydrazine groups is 1. The van der Waals surface area contributed by atoms with Crippen molar-refractivity contribution in [2.75, 3.05) is 7.11 Å². The van der Waals surface area contributed by atoms with E-state index in [1.165, 1.54) is 0 Å². The van der Waals surface area contributed by atoms with E-state index in [2.05, 4.69) is 16.2 Å². The summed E-state index contributed by atoms with van der Waals surface area (Å²) in [4.78, 5) is 24.3. The van der Waals surface area contributed by atoms with Crippen molar-refractivity contribution in [3.63, 3.8) is 0 Å². The van der Waals surface area contributed by atoms with Crippen molar-refractivity contribution < 1.29 is 14.3 Å². The highest BCUT2D eigenvalue weighted by Gasteiger charge is 2.36. The molecule has 1 aliphatic rings. The molecule has 0 bridgehead atoms. The maximum atomic E-state index is 12.3. The summed E-state index contributed by atoms with van der Waals surface area (Å²) in [6, 6.07) is 15.1. The van der Waals surface area contributed by atoms with Gasteiger partial charge in [-0.3, -0.25) is 15.0 Å². The maximum Gasteiger partial charge on any atom is 0.258 e. The van der Waals surface area contributed by atoms with Crippen LogP contribution in [0.3, 0.4) is 0 Å². The lowest BCUT2D eigenvalue weighted by molar-refractivity contribution is -0.121. The molecule has 3 N–H and O–H groups in total. The second-order valence-electron chi connectivity index (χ2n) is 5.20. The van der Waals surface area contributed by atoms with Gasteiger partial charge in [0, 0.05) is 5.56 Å². The summed E-state index contributed by atoms with van der Waals surface area (Å²) in [5.41, 5.74) is 6.87. The van der Waals surface area contributed by atoms with E-state index in [-0.39, 0.29) is 17.9 Å². The third-order valence-electron chi connectivity index (χ3n) is 3.76. The molecule has 2 aromatic carbocycles. The molecule has 3 rings (SSSR count). The molecule has 1 fully saturated rings. The van der Waals surface area contributed by atoms with Gasteiger partial charge in [-0.15, -0.1) is 0 Å². The van der Waals surface area contributed by atoms with E-state index in [9.17, 15) is 9.59 Å². The Labute approximate surface area is 133 Å². The molecule has 1 heterocycles. The van der Waals surface area contributed by atoms with Crippen LogP contribution in [0, 0.1) is 0 Å². The zero-order chi connectivity index (χ0) is 16.2. The smallest absolute Gasteiger partial charge is 0.258 e. The molecule has 0 radical (unpaired) electrons. The number of methoxy groups -OCH3 is 1. The van der Waals surface area contributed by atoms with Crippen LogP contribution in [0.15, 0.2) is 54.6 Å². The highest BCUT2D eigenvalue weighted by Crippen LogP contribution is 2.23. The van der Waals surface area contributed by atoms with Gasteiger partial charge in [-0.25, -0.2) is 5.43 Å². The monoisotopic (exact) mass is 311 g/mol. The molecule has 1 saturated heterocycles. The largest absolute Gasteiger partial charge is 0.497 e. The van der Waals surface area contributed by atoms with E-state index in [1.54, 1.807) is 31.4 Å². The quantitative estimate of drug-likeness (QED) is 0.792. The highest BCUT2D eigenvalue weighted by molar-refractivity contribution is 5.98. The summed E-state index contributed by atoms with van der Waals surface area (Å²) in [6.07, 6.45) is 0. The van der Waals surface area contributed by atoms with E-state index in [0.717, 1.165) is 11.3 Å². The lowest BCUT2D eigenvalue weighted by Crippen LogP contribution is -2.42. The number of benzene rings is 2. The summed E-state index contributed by atoms with van der Waals surface area (Å²) < 4.78 is 5.13. The minimum Gasteiger partial charge on any atom is -0.497 e. The second kappa shape index (κ2) is 6.50. The fourth-order valence-corrected chi connectivity index (χ4v) is 2.51. The normalized spacial score (nSPS) is 20.0. The maximum absolute atomic E-state index is 12.3. The number of hydrogen-bond donors (Lipinski definition) is 3. The van der Waals surface area contributed by atoms with E-state index in [1.807, 2.05) is 30.3 Å². The summed E-state index contributed by atoms with van der Waals surface area (Å²) in [5, 5.41) is 2.78. The molecule has 0 saturated carbocycles. The number of nitrogens with one attached hydrogen (secondary N) is 3. The highest BCUT2D eigenvalue weighted by atomic mass is 16.5. The van der Waals surface area contributed by atoms with Crippen LogP contribution in [-0.2, 0) is 4.79 Å². The number of amides is 2. The van der Waals surface area contributed by atoms with Crippen LogP contribution in [0.1, 0.15) is 22.0 Å². The molecule has 2 amide bonds. The van der Waals surface area contributed by atoms with Crippen molar-refractivity contribution in [2.24, 2.45) is 0 Å². The summed E-state index contributed by atoms with van der Waals surface area (Å²) >= 11 is 0. The van der Waals surface area contributed by atoms with Gasteiger partial charge in [0.25, 0.3) is 11.8 Å². The molecule has 2 atom stereocenters. The first-order valence-electron chi connectivity index (χ1n) is 7.24. The fourth-order valence-electron chi connectivity index (χ4n) is 2.51. The zero-order valence-corrected chi connectivity index (χ0v) is 12.6. The van der Waals surface area contributed by atoms with Crippen LogP contribution >= 0.6 is 0 Å². The van der Waals surface area contributed by atoms with Gasteiger partial charge in [0.15, 0.2) is 0 Å². The predicted molar refractivity (Wildman–Crippen MR) is 84.7 cm³/mol. The minimum atomic E-state index is -0.684. The fraction of sp³-hybridized carbons (Fsp3) is 0.176. The average molecular weight is 311 g/mol. The van der Waals surface area contributed by atoms with E-state index >= 15 is 0 Å². The van der Waals surface area contributed by atoms with Crippen molar-refractivity contribution >= 4 is 11.8 Å². The Kier molecular flexibility index (Phi) is 4.25. The first-order chi connectivity index (χ1) is 11.2. The summed E-state index contributed by atoms with van der Waals surface area (Å²) in [7, 11) is 1.59.